The van der Waals surface area contributed by atoms with Crippen LogP contribution in [0.2, 0.25) is 0 Å². The lowest BCUT2D eigenvalue weighted by atomic mass is 10.1. The molecule has 0 radical (unpaired) electrons. The molecule has 1 aliphatic heterocycles. The Kier molecular flexibility index (Phi) is 4.63. The molecule has 1 aromatic heterocycles. The van der Waals surface area contributed by atoms with Gasteiger partial charge in [0, 0.05) is 30.3 Å². The van der Waals surface area contributed by atoms with Crippen molar-refractivity contribution in [2.45, 2.75) is 38.3 Å². The van der Waals surface area contributed by atoms with Crippen molar-refractivity contribution in [2.24, 2.45) is 0 Å². The molecule has 118 valence electrons. The molecule has 0 bridgehead atoms. The minimum Gasteiger partial charge on any atom is -0.376 e. The van der Waals surface area contributed by atoms with Gasteiger partial charge in [-0.1, -0.05) is 18.2 Å². The van der Waals surface area contributed by atoms with Crippen molar-refractivity contribution in [2.75, 3.05) is 13.2 Å². The second-order valence-corrected chi connectivity index (χ2v) is 5.85. The van der Waals surface area contributed by atoms with Crippen molar-refractivity contribution in [1.29, 1.82) is 0 Å². The zero-order chi connectivity index (χ0) is 15.4. The highest BCUT2D eigenvalue weighted by Gasteiger charge is 2.23. The quantitative estimate of drug-likeness (QED) is 0.794. The second kappa shape index (κ2) is 6.83. The lowest BCUT2D eigenvalue weighted by Gasteiger charge is -2.20. The van der Waals surface area contributed by atoms with E-state index < -0.39 is 0 Å². The fraction of sp³-hybridized carbons (Fsp3) is 0.471. The fourth-order valence-electron chi connectivity index (χ4n) is 3.00. The minimum atomic E-state index is -0.122. The van der Waals surface area contributed by atoms with Crippen LogP contribution in [-0.4, -0.2) is 36.3 Å². The predicted molar refractivity (Wildman–Crippen MR) is 87.0 cm³/mol. The molecule has 1 aliphatic rings. The van der Waals surface area contributed by atoms with E-state index >= 15 is 0 Å². The molecule has 22 heavy (non-hydrogen) atoms. The Balaban J connectivity index is 1.45. The molecule has 1 aromatic carbocycles. The zero-order valence-electron chi connectivity index (χ0n) is 12.9. The van der Waals surface area contributed by atoms with Crippen LogP contribution in [0.1, 0.15) is 25.3 Å². The molecular weight excluding hydrogens is 278 g/mol. The molecule has 3 rings (SSSR count). The number of aromatic amines is 1. The first-order chi connectivity index (χ1) is 10.7. The predicted octanol–water partition coefficient (Wildman–Crippen LogP) is 2.58. The van der Waals surface area contributed by atoms with E-state index in [2.05, 4.69) is 27.8 Å². The molecule has 0 saturated carbocycles. The molecule has 2 heterocycles. The van der Waals surface area contributed by atoms with Gasteiger partial charge in [0.05, 0.1) is 12.1 Å². The number of amides is 2. The first-order valence-corrected chi connectivity index (χ1v) is 7.95. The summed E-state index contributed by atoms with van der Waals surface area (Å²) in [6.45, 7) is 3.42. The van der Waals surface area contributed by atoms with E-state index in [0.29, 0.717) is 6.54 Å². The number of urea groups is 1. The third-order valence-corrected chi connectivity index (χ3v) is 4.24. The second-order valence-electron chi connectivity index (χ2n) is 5.85. The highest BCUT2D eigenvalue weighted by atomic mass is 16.5. The number of hydrogen-bond acceptors (Lipinski definition) is 2. The summed E-state index contributed by atoms with van der Waals surface area (Å²) in [4.78, 5) is 15.2. The lowest BCUT2D eigenvalue weighted by molar-refractivity contribution is 0.0860. The Labute approximate surface area is 130 Å². The molecule has 3 N–H and O–H groups in total. The maximum atomic E-state index is 11.9. The van der Waals surface area contributed by atoms with Crippen molar-refractivity contribution >= 4 is 16.9 Å². The number of H-pyrrole nitrogens is 1. The Morgan fingerprint density at radius 1 is 1.45 bits per heavy atom. The van der Waals surface area contributed by atoms with Crippen LogP contribution in [0.3, 0.4) is 0 Å². The fourth-order valence-corrected chi connectivity index (χ4v) is 3.00. The van der Waals surface area contributed by atoms with Gasteiger partial charge in [-0.2, -0.15) is 0 Å². The van der Waals surface area contributed by atoms with Gasteiger partial charge >= 0.3 is 6.03 Å². The summed E-state index contributed by atoms with van der Waals surface area (Å²) in [7, 11) is 0. The molecule has 1 saturated heterocycles. The van der Waals surface area contributed by atoms with Crippen LogP contribution in [0.5, 0.6) is 0 Å². The summed E-state index contributed by atoms with van der Waals surface area (Å²) in [5, 5.41) is 7.10. The summed E-state index contributed by atoms with van der Waals surface area (Å²) in [5.74, 6) is 0. The number of aromatic nitrogens is 1. The maximum Gasteiger partial charge on any atom is 0.315 e. The number of carbonyl (C=O) groups is 1. The Hall–Kier alpha value is -2.01. The van der Waals surface area contributed by atoms with Crippen molar-refractivity contribution in [1.82, 2.24) is 15.6 Å². The smallest absolute Gasteiger partial charge is 0.315 e. The zero-order valence-corrected chi connectivity index (χ0v) is 12.9. The summed E-state index contributed by atoms with van der Waals surface area (Å²) in [6, 6.07) is 8.13. The van der Waals surface area contributed by atoms with Gasteiger partial charge in [0.15, 0.2) is 0 Å². The Morgan fingerprint density at radius 3 is 3.14 bits per heavy atom. The number of rotatable bonds is 5. The highest BCUT2D eigenvalue weighted by Crippen LogP contribution is 2.18. The van der Waals surface area contributed by atoms with E-state index in [1.54, 1.807) is 0 Å². The van der Waals surface area contributed by atoms with E-state index in [9.17, 15) is 4.79 Å². The average Bonchev–Trinajstić information content (AvgIpc) is 3.17. The molecule has 0 aliphatic carbocycles. The number of ether oxygens (including phenoxy) is 1. The van der Waals surface area contributed by atoms with Crippen LogP contribution in [0, 0.1) is 0 Å². The summed E-state index contributed by atoms with van der Waals surface area (Å²) in [5.41, 5.74) is 2.36. The van der Waals surface area contributed by atoms with E-state index in [4.69, 9.17) is 4.74 Å². The summed E-state index contributed by atoms with van der Waals surface area (Å²) < 4.78 is 5.58. The Bertz CT molecular complexity index is 632. The molecule has 0 spiro atoms. The molecule has 5 nitrogen and oxygen atoms in total. The standard InChI is InChI=1S/C17H23N3O2/c1-12(16-7-4-10-22-16)20-17(21)18-9-8-13-11-19-15-6-3-2-5-14(13)15/h2-3,5-6,11-12,16,19H,4,7-10H2,1H3,(H2,18,20,21)/t12-,16-/m1/s1. The van der Waals surface area contributed by atoms with Crippen LogP contribution in [-0.2, 0) is 11.2 Å². The lowest BCUT2D eigenvalue weighted by Crippen LogP contribution is -2.46. The number of nitrogens with one attached hydrogen (secondary N) is 3. The largest absolute Gasteiger partial charge is 0.376 e. The van der Waals surface area contributed by atoms with Gasteiger partial charge < -0.3 is 20.4 Å². The van der Waals surface area contributed by atoms with Gasteiger partial charge in [-0.05, 0) is 37.8 Å². The normalized spacial score (nSPS) is 19.2. The van der Waals surface area contributed by atoms with Crippen molar-refractivity contribution in [3.8, 4) is 0 Å². The van der Waals surface area contributed by atoms with Crippen LogP contribution in [0.25, 0.3) is 10.9 Å². The average molecular weight is 301 g/mol. The number of fused-ring (bicyclic) bond motifs is 1. The molecule has 5 heteroatoms. The van der Waals surface area contributed by atoms with Gasteiger partial charge in [0.25, 0.3) is 0 Å². The number of benzene rings is 1. The summed E-state index contributed by atoms with van der Waals surface area (Å²) in [6.07, 6.45) is 5.08. The van der Waals surface area contributed by atoms with Crippen molar-refractivity contribution in [3.05, 3.63) is 36.0 Å². The van der Waals surface area contributed by atoms with E-state index in [1.807, 2.05) is 25.3 Å². The van der Waals surface area contributed by atoms with Crippen LogP contribution >= 0.6 is 0 Å². The molecule has 2 amide bonds. The number of para-hydroxylation sites is 1. The van der Waals surface area contributed by atoms with Crippen molar-refractivity contribution in [3.63, 3.8) is 0 Å². The number of hydrogen-bond donors (Lipinski definition) is 3. The first-order valence-electron chi connectivity index (χ1n) is 7.95. The van der Waals surface area contributed by atoms with Gasteiger partial charge in [-0.15, -0.1) is 0 Å². The van der Waals surface area contributed by atoms with E-state index in [1.165, 1.54) is 10.9 Å². The Morgan fingerprint density at radius 2 is 2.32 bits per heavy atom. The van der Waals surface area contributed by atoms with Gasteiger partial charge in [-0.25, -0.2) is 4.79 Å². The third kappa shape index (κ3) is 3.42. The topological polar surface area (TPSA) is 66.2 Å². The van der Waals surface area contributed by atoms with E-state index in [-0.39, 0.29) is 18.2 Å². The highest BCUT2D eigenvalue weighted by molar-refractivity contribution is 5.83. The monoisotopic (exact) mass is 301 g/mol. The van der Waals surface area contributed by atoms with Gasteiger partial charge in [0.1, 0.15) is 0 Å². The van der Waals surface area contributed by atoms with Crippen molar-refractivity contribution < 1.29 is 9.53 Å². The molecule has 0 unspecified atom stereocenters. The van der Waals surface area contributed by atoms with Gasteiger partial charge in [-0.3, -0.25) is 0 Å². The molecule has 2 atom stereocenters. The minimum absolute atomic E-state index is 0.0515. The molecule has 1 fully saturated rings. The summed E-state index contributed by atoms with van der Waals surface area (Å²) >= 11 is 0. The van der Waals surface area contributed by atoms with Gasteiger partial charge in [0.2, 0.25) is 0 Å². The molecular formula is C17H23N3O2. The van der Waals surface area contributed by atoms with Crippen LogP contribution in [0.15, 0.2) is 30.5 Å². The number of carbonyl (C=O) groups excluding carboxylic acids is 1. The maximum absolute atomic E-state index is 11.9. The van der Waals surface area contributed by atoms with Crippen LogP contribution < -0.4 is 10.6 Å². The first kappa shape index (κ1) is 14.9. The SMILES string of the molecule is C[C@@H](NC(=O)NCCc1c[nH]c2ccccc12)[C@H]1CCCO1. The molecule has 2 aromatic rings. The third-order valence-electron chi connectivity index (χ3n) is 4.24. The van der Waals surface area contributed by atoms with Crippen LogP contribution in [0.4, 0.5) is 4.79 Å². The van der Waals surface area contributed by atoms with E-state index in [0.717, 1.165) is 31.4 Å².